The molecule has 0 heterocycles. The molecule has 0 aromatic heterocycles. The van der Waals surface area contributed by atoms with Crippen molar-refractivity contribution in [1.29, 1.82) is 0 Å². The summed E-state index contributed by atoms with van der Waals surface area (Å²) in [6.07, 6.45) is 0. The molecule has 0 unspecified atom stereocenters. The second-order valence-corrected chi connectivity index (χ2v) is 4.76. The van der Waals surface area contributed by atoms with Crippen LogP contribution in [0.4, 0.5) is 0 Å². The quantitative estimate of drug-likeness (QED) is 0.572. The number of rotatable bonds is 1. The van der Waals surface area contributed by atoms with Crippen molar-refractivity contribution in [3.63, 3.8) is 0 Å². The van der Waals surface area contributed by atoms with Gasteiger partial charge in [0.15, 0.2) is 0 Å². The van der Waals surface area contributed by atoms with Crippen LogP contribution in [0.3, 0.4) is 0 Å². The number of hydrogen-bond acceptors (Lipinski definition) is 0. The van der Waals surface area contributed by atoms with Gasteiger partial charge < -0.3 is 0 Å². The number of hydrogen-bond donors (Lipinski definition) is 0. The molecule has 0 saturated heterocycles. The van der Waals surface area contributed by atoms with Gasteiger partial charge in [0.1, 0.15) is 7.85 Å². The summed E-state index contributed by atoms with van der Waals surface area (Å²) >= 11 is 5.90. The lowest BCUT2D eigenvalue weighted by Crippen LogP contribution is -1.99. The van der Waals surface area contributed by atoms with E-state index in [0.29, 0.717) is 0 Å². The van der Waals surface area contributed by atoms with E-state index in [4.69, 9.17) is 19.4 Å². The fraction of sp³-hybridized carbons (Fsp3) is 0. The molecular formula is C16H10BCl. The van der Waals surface area contributed by atoms with Gasteiger partial charge in [-0.2, -0.15) is 0 Å². The van der Waals surface area contributed by atoms with Gasteiger partial charge in [0, 0.05) is 5.02 Å². The number of fused-ring (bicyclic) bond motifs is 1. The van der Waals surface area contributed by atoms with Crippen molar-refractivity contribution in [2.24, 2.45) is 0 Å². The summed E-state index contributed by atoms with van der Waals surface area (Å²) in [7, 11) is 5.78. The average molecular weight is 249 g/mol. The second-order valence-electron chi connectivity index (χ2n) is 4.33. The Bertz CT molecular complexity index is 702. The largest absolute Gasteiger partial charge is 0.113 e. The standard InChI is InChI=1S/C16H10BCl/c17-15-6-3-13-9-12(1-2-14(13)10-15)11-4-7-16(18)8-5-11/h1-10H. The molecule has 3 aromatic rings. The summed E-state index contributed by atoms with van der Waals surface area (Å²) in [6.45, 7) is 0. The van der Waals surface area contributed by atoms with Crippen molar-refractivity contribution in [2.45, 2.75) is 0 Å². The second kappa shape index (κ2) is 4.51. The SMILES string of the molecule is [B]c1ccc2cc(-c3ccc(Cl)cc3)ccc2c1. The van der Waals surface area contributed by atoms with Crippen LogP contribution in [0.2, 0.25) is 5.02 Å². The van der Waals surface area contributed by atoms with E-state index in [1.54, 1.807) is 0 Å². The van der Waals surface area contributed by atoms with Crippen LogP contribution in [0.5, 0.6) is 0 Å². The third-order valence-electron chi connectivity index (χ3n) is 3.04. The van der Waals surface area contributed by atoms with Crippen molar-refractivity contribution >= 4 is 35.7 Å². The highest BCUT2D eigenvalue weighted by Gasteiger charge is 2.00. The molecular weight excluding hydrogens is 238 g/mol. The van der Waals surface area contributed by atoms with Crippen LogP contribution in [0.15, 0.2) is 60.7 Å². The predicted octanol–water partition coefficient (Wildman–Crippen LogP) is 3.95. The molecule has 0 N–H and O–H groups in total. The minimum atomic E-state index is 0.757. The first-order chi connectivity index (χ1) is 8.72. The molecule has 0 aliphatic rings. The number of benzene rings is 3. The Balaban J connectivity index is 2.13. The van der Waals surface area contributed by atoms with Crippen LogP contribution in [-0.2, 0) is 0 Å². The minimum Gasteiger partial charge on any atom is -0.0960 e. The third kappa shape index (κ3) is 2.14. The van der Waals surface area contributed by atoms with Crippen LogP contribution >= 0.6 is 11.6 Å². The first kappa shape index (κ1) is 11.4. The Labute approximate surface area is 113 Å². The molecule has 0 spiro atoms. The van der Waals surface area contributed by atoms with Gasteiger partial charge in [-0.3, -0.25) is 0 Å². The third-order valence-corrected chi connectivity index (χ3v) is 3.29. The smallest absolute Gasteiger partial charge is 0.0960 e. The van der Waals surface area contributed by atoms with Crippen LogP contribution < -0.4 is 5.46 Å². The zero-order valence-electron chi connectivity index (χ0n) is 9.73. The topological polar surface area (TPSA) is 0 Å². The van der Waals surface area contributed by atoms with Gasteiger partial charge in [-0.05, 0) is 40.1 Å². The molecule has 18 heavy (non-hydrogen) atoms. The van der Waals surface area contributed by atoms with Gasteiger partial charge >= 0.3 is 0 Å². The molecule has 0 aliphatic heterocycles. The fourth-order valence-electron chi connectivity index (χ4n) is 2.09. The molecule has 0 aliphatic carbocycles. The highest BCUT2D eigenvalue weighted by atomic mass is 35.5. The molecule has 0 atom stereocenters. The summed E-state index contributed by atoms with van der Waals surface area (Å²) in [5, 5.41) is 3.11. The lowest BCUT2D eigenvalue weighted by Gasteiger charge is -2.05. The fourth-order valence-corrected chi connectivity index (χ4v) is 2.21. The van der Waals surface area contributed by atoms with Gasteiger partial charge in [0.05, 0.1) is 0 Å². The molecule has 3 rings (SSSR count). The molecule has 0 nitrogen and oxygen atoms in total. The normalized spacial score (nSPS) is 10.7. The number of halogens is 1. The molecule has 0 fully saturated rings. The molecule has 0 bridgehead atoms. The van der Waals surface area contributed by atoms with E-state index < -0.39 is 0 Å². The Morgan fingerprint density at radius 1 is 0.667 bits per heavy atom. The minimum absolute atomic E-state index is 0.757. The van der Waals surface area contributed by atoms with E-state index in [1.165, 1.54) is 10.9 Å². The van der Waals surface area contributed by atoms with Gasteiger partial charge in [0.2, 0.25) is 0 Å². The Hall–Kier alpha value is -1.73. The summed E-state index contributed by atoms with van der Waals surface area (Å²) in [4.78, 5) is 0. The monoisotopic (exact) mass is 248 g/mol. The van der Waals surface area contributed by atoms with E-state index in [9.17, 15) is 0 Å². The molecule has 0 saturated carbocycles. The zero-order chi connectivity index (χ0) is 12.5. The summed E-state index contributed by atoms with van der Waals surface area (Å²) in [5.74, 6) is 0. The lowest BCUT2D eigenvalue weighted by atomic mass is 9.92. The lowest BCUT2D eigenvalue weighted by molar-refractivity contribution is 1.65. The Morgan fingerprint density at radius 2 is 1.28 bits per heavy atom. The maximum atomic E-state index is 5.90. The van der Waals surface area contributed by atoms with Gasteiger partial charge in [-0.15, -0.1) is 0 Å². The van der Waals surface area contributed by atoms with Crippen molar-refractivity contribution < 1.29 is 0 Å². The van der Waals surface area contributed by atoms with Crippen LogP contribution in [0.25, 0.3) is 21.9 Å². The van der Waals surface area contributed by atoms with Gasteiger partial charge in [-0.1, -0.05) is 59.5 Å². The van der Waals surface area contributed by atoms with Crippen LogP contribution in [-0.4, -0.2) is 7.85 Å². The molecule has 2 heteroatoms. The first-order valence-corrected chi connectivity index (χ1v) is 6.15. The van der Waals surface area contributed by atoms with Crippen molar-refractivity contribution in [3.05, 3.63) is 65.7 Å². The van der Waals surface area contributed by atoms with Crippen molar-refractivity contribution in [2.75, 3.05) is 0 Å². The zero-order valence-corrected chi connectivity index (χ0v) is 10.5. The van der Waals surface area contributed by atoms with Gasteiger partial charge in [0.25, 0.3) is 0 Å². The molecule has 0 amide bonds. The molecule has 84 valence electrons. The van der Waals surface area contributed by atoms with E-state index in [-0.39, 0.29) is 0 Å². The van der Waals surface area contributed by atoms with E-state index in [2.05, 4.69) is 18.2 Å². The van der Waals surface area contributed by atoms with E-state index >= 15 is 0 Å². The Kier molecular flexibility index (Phi) is 2.85. The van der Waals surface area contributed by atoms with E-state index in [1.807, 2.05) is 42.5 Å². The highest BCUT2D eigenvalue weighted by Crippen LogP contribution is 2.25. The van der Waals surface area contributed by atoms with Gasteiger partial charge in [-0.25, -0.2) is 0 Å². The maximum Gasteiger partial charge on any atom is 0.113 e. The van der Waals surface area contributed by atoms with Crippen molar-refractivity contribution in [1.82, 2.24) is 0 Å². The Morgan fingerprint density at radius 3 is 2.06 bits per heavy atom. The maximum absolute atomic E-state index is 5.90. The average Bonchev–Trinajstić information content (AvgIpc) is 2.39. The van der Waals surface area contributed by atoms with Crippen LogP contribution in [0.1, 0.15) is 0 Å². The highest BCUT2D eigenvalue weighted by molar-refractivity contribution is 6.33. The van der Waals surface area contributed by atoms with E-state index in [0.717, 1.165) is 21.4 Å². The molecule has 2 radical (unpaired) electrons. The summed E-state index contributed by atoms with van der Waals surface area (Å²) in [6, 6.07) is 20.2. The predicted molar refractivity (Wildman–Crippen MR) is 79.8 cm³/mol. The van der Waals surface area contributed by atoms with Crippen LogP contribution in [0, 0.1) is 0 Å². The summed E-state index contributed by atoms with van der Waals surface area (Å²) < 4.78 is 0. The molecule has 3 aromatic carbocycles. The first-order valence-electron chi connectivity index (χ1n) is 5.78. The summed E-state index contributed by atoms with van der Waals surface area (Å²) in [5.41, 5.74) is 3.14. The van der Waals surface area contributed by atoms with Crippen molar-refractivity contribution in [3.8, 4) is 11.1 Å².